The van der Waals surface area contributed by atoms with Crippen LogP contribution in [-0.4, -0.2) is 51.0 Å². The first-order valence-electron chi connectivity index (χ1n) is 11.5. The van der Waals surface area contributed by atoms with Gasteiger partial charge in [0.2, 0.25) is 0 Å². The molecule has 0 unspecified atom stereocenters. The third kappa shape index (κ3) is 5.80. The Balaban J connectivity index is 1.65. The van der Waals surface area contributed by atoms with Crippen molar-refractivity contribution in [3.63, 3.8) is 0 Å². The van der Waals surface area contributed by atoms with Gasteiger partial charge in [0, 0.05) is 36.3 Å². The summed E-state index contributed by atoms with van der Waals surface area (Å²) >= 11 is 6.39. The van der Waals surface area contributed by atoms with Gasteiger partial charge in [0.05, 0.1) is 43.8 Å². The van der Waals surface area contributed by atoms with Crippen molar-refractivity contribution < 1.29 is 27.8 Å². The highest BCUT2D eigenvalue weighted by Crippen LogP contribution is 2.31. The number of carbonyl (C=O) groups excluding carboxylic acids is 1. The molecule has 3 heterocycles. The van der Waals surface area contributed by atoms with E-state index in [4.69, 9.17) is 25.8 Å². The fraction of sp³-hybridized carbons (Fsp3) is 0.240. The van der Waals surface area contributed by atoms with E-state index in [1.54, 1.807) is 19.9 Å². The summed E-state index contributed by atoms with van der Waals surface area (Å²) in [6.07, 6.45) is 5.68. The zero-order valence-corrected chi connectivity index (χ0v) is 21.4. The van der Waals surface area contributed by atoms with Crippen molar-refractivity contribution in [2.24, 2.45) is 0 Å². The molecule has 38 heavy (non-hydrogen) atoms. The normalized spacial score (nSPS) is 10.8. The third-order valence-corrected chi connectivity index (χ3v) is 5.50. The van der Waals surface area contributed by atoms with Crippen molar-refractivity contribution >= 4 is 29.1 Å². The average Bonchev–Trinajstić information content (AvgIpc) is 3.27. The van der Waals surface area contributed by atoms with E-state index >= 15 is 0 Å². The van der Waals surface area contributed by atoms with E-state index in [2.05, 4.69) is 25.4 Å². The summed E-state index contributed by atoms with van der Waals surface area (Å²) in [6.45, 7) is 3.66. The second-order valence-corrected chi connectivity index (χ2v) is 8.11. The van der Waals surface area contributed by atoms with Crippen LogP contribution in [0.1, 0.15) is 29.8 Å². The highest BCUT2D eigenvalue weighted by Gasteiger charge is 2.20. The number of nitrogens with one attached hydrogen (secondary N) is 1. The van der Waals surface area contributed by atoms with E-state index in [0.717, 1.165) is 12.1 Å². The lowest BCUT2D eigenvalue weighted by Gasteiger charge is -2.13. The Morgan fingerprint density at radius 1 is 1.16 bits per heavy atom. The van der Waals surface area contributed by atoms with Gasteiger partial charge in [-0.2, -0.15) is 5.10 Å². The van der Waals surface area contributed by atoms with E-state index in [1.807, 2.05) is 0 Å². The Morgan fingerprint density at radius 2 is 1.92 bits per heavy atom. The number of halogens is 3. The summed E-state index contributed by atoms with van der Waals surface area (Å²) in [5.41, 5.74) is 0.531. The first-order chi connectivity index (χ1) is 18.3. The molecule has 0 spiro atoms. The summed E-state index contributed by atoms with van der Waals surface area (Å²) < 4.78 is 46.0. The van der Waals surface area contributed by atoms with Gasteiger partial charge in [0.25, 0.3) is 0 Å². The predicted molar refractivity (Wildman–Crippen MR) is 135 cm³/mol. The molecule has 0 aliphatic heterocycles. The number of rotatable bonds is 10. The predicted octanol–water partition coefficient (Wildman–Crippen LogP) is 5.04. The molecule has 0 saturated heterocycles. The highest BCUT2D eigenvalue weighted by atomic mass is 35.5. The fourth-order valence-electron chi connectivity index (χ4n) is 3.50. The number of ether oxygens (including phenoxy) is 3. The maximum absolute atomic E-state index is 14.6. The number of benzene rings is 1. The molecular weight excluding hydrogens is 522 g/mol. The second kappa shape index (κ2) is 11.8. The number of nitrogens with zero attached hydrogens (tertiary/aromatic N) is 5. The van der Waals surface area contributed by atoms with Gasteiger partial charge >= 0.3 is 5.97 Å². The second-order valence-electron chi connectivity index (χ2n) is 7.70. The highest BCUT2D eigenvalue weighted by molar-refractivity contribution is 6.32. The van der Waals surface area contributed by atoms with Crippen LogP contribution >= 0.6 is 11.6 Å². The lowest BCUT2D eigenvalue weighted by molar-refractivity contribution is 0.0527. The van der Waals surface area contributed by atoms with Crippen molar-refractivity contribution in [1.82, 2.24) is 24.7 Å². The standard InChI is InChI=1S/C25H23ClF2N6O4/c1-4-37-14-8-18(27)16(19(28)9-14)12-34-13-17(26)22(33-34)24-30-11-21(36-3)23(32-24)31-20-6-7-29-10-15(20)25(35)38-5-2/h6-11,13H,4-5,12H2,1-3H3,(H,29,30,31,32). The van der Waals surface area contributed by atoms with Crippen molar-refractivity contribution in [2.45, 2.75) is 20.4 Å². The number of hydrogen-bond donors (Lipinski definition) is 1. The quantitative estimate of drug-likeness (QED) is 0.274. The SMILES string of the molecule is CCOC(=O)c1cnccc1Nc1nc(-c2nn(Cc3c(F)cc(OCC)cc3F)cc2Cl)ncc1OC. The lowest BCUT2D eigenvalue weighted by Crippen LogP contribution is -2.10. The smallest absolute Gasteiger partial charge is 0.341 e. The molecule has 10 nitrogen and oxygen atoms in total. The van der Waals surface area contributed by atoms with Gasteiger partial charge in [-0.25, -0.2) is 23.5 Å². The van der Waals surface area contributed by atoms with Gasteiger partial charge in [-0.15, -0.1) is 0 Å². The maximum Gasteiger partial charge on any atom is 0.341 e. The van der Waals surface area contributed by atoms with Crippen LogP contribution in [0, 0.1) is 11.6 Å². The van der Waals surface area contributed by atoms with Crippen molar-refractivity contribution in [1.29, 1.82) is 0 Å². The van der Waals surface area contributed by atoms with Crippen molar-refractivity contribution in [2.75, 3.05) is 25.6 Å². The average molecular weight is 545 g/mol. The molecule has 0 atom stereocenters. The lowest BCUT2D eigenvalue weighted by atomic mass is 10.2. The van der Waals surface area contributed by atoms with Crippen LogP contribution < -0.4 is 14.8 Å². The molecule has 4 rings (SSSR count). The van der Waals surface area contributed by atoms with E-state index in [-0.39, 0.29) is 64.7 Å². The Hall–Kier alpha value is -4.32. The Kier molecular flexibility index (Phi) is 8.31. The van der Waals surface area contributed by atoms with Crippen LogP contribution in [0.2, 0.25) is 5.02 Å². The molecule has 0 bridgehead atoms. The van der Waals surface area contributed by atoms with Crippen LogP contribution in [0.4, 0.5) is 20.3 Å². The van der Waals surface area contributed by atoms with Gasteiger partial charge in [-0.1, -0.05) is 11.6 Å². The molecule has 1 aromatic carbocycles. The Bertz CT molecular complexity index is 1440. The van der Waals surface area contributed by atoms with Gasteiger partial charge in [-0.05, 0) is 19.9 Å². The zero-order chi connectivity index (χ0) is 27.2. The monoisotopic (exact) mass is 544 g/mol. The van der Waals surface area contributed by atoms with Gasteiger partial charge in [-0.3, -0.25) is 9.67 Å². The van der Waals surface area contributed by atoms with Crippen LogP contribution in [0.5, 0.6) is 11.5 Å². The van der Waals surface area contributed by atoms with Crippen LogP contribution in [0.3, 0.4) is 0 Å². The topological polar surface area (TPSA) is 113 Å². The molecule has 198 valence electrons. The first-order valence-corrected chi connectivity index (χ1v) is 11.9. The molecule has 0 fully saturated rings. The molecule has 0 aliphatic carbocycles. The maximum atomic E-state index is 14.6. The minimum atomic E-state index is -0.774. The molecule has 0 aliphatic rings. The van der Waals surface area contributed by atoms with Gasteiger partial charge in [0.15, 0.2) is 17.4 Å². The summed E-state index contributed by atoms with van der Waals surface area (Å²) in [4.78, 5) is 25.0. The van der Waals surface area contributed by atoms with Crippen LogP contribution in [-0.2, 0) is 11.3 Å². The largest absolute Gasteiger partial charge is 0.494 e. The van der Waals surface area contributed by atoms with Crippen LogP contribution in [0.15, 0.2) is 43.0 Å². The van der Waals surface area contributed by atoms with E-state index < -0.39 is 17.6 Å². The summed E-state index contributed by atoms with van der Waals surface area (Å²) in [6, 6.07) is 3.80. The molecule has 13 heteroatoms. The molecule has 1 N–H and O–H groups in total. The minimum Gasteiger partial charge on any atom is -0.494 e. The molecule has 0 saturated carbocycles. The number of anilines is 2. The molecule has 4 aromatic rings. The number of methoxy groups -OCH3 is 1. The molecule has 0 amide bonds. The number of carbonyl (C=O) groups is 1. The molecule has 3 aromatic heterocycles. The molecular formula is C25H23ClF2N6O4. The van der Waals surface area contributed by atoms with Gasteiger partial charge in [0.1, 0.15) is 28.6 Å². The number of hydrogen-bond acceptors (Lipinski definition) is 9. The first kappa shape index (κ1) is 26.7. The van der Waals surface area contributed by atoms with Crippen molar-refractivity contribution in [3.05, 3.63) is 70.8 Å². The summed E-state index contributed by atoms with van der Waals surface area (Å²) in [7, 11) is 1.43. The summed E-state index contributed by atoms with van der Waals surface area (Å²) in [5.74, 6) is -1.43. The van der Waals surface area contributed by atoms with E-state index in [9.17, 15) is 13.6 Å². The zero-order valence-electron chi connectivity index (χ0n) is 20.7. The van der Waals surface area contributed by atoms with E-state index in [1.165, 1.54) is 36.6 Å². The van der Waals surface area contributed by atoms with E-state index in [0.29, 0.717) is 5.69 Å². The minimum absolute atomic E-state index is 0.0948. The van der Waals surface area contributed by atoms with Gasteiger partial charge < -0.3 is 19.5 Å². The third-order valence-electron chi connectivity index (χ3n) is 5.22. The van der Waals surface area contributed by atoms with Crippen molar-refractivity contribution in [3.8, 4) is 23.0 Å². The fourth-order valence-corrected chi connectivity index (χ4v) is 3.73. The number of aromatic nitrogens is 5. The Labute approximate surface area is 221 Å². The Morgan fingerprint density at radius 3 is 2.61 bits per heavy atom. The molecule has 0 radical (unpaired) electrons. The number of pyridine rings is 1. The van der Waals surface area contributed by atoms with Crippen LogP contribution in [0.25, 0.3) is 11.5 Å². The summed E-state index contributed by atoms with van der Waals surface area (Å²) in [5, 5.41) is 7.52. The number of esters is 1.